The van der Waals surface area contributed by atoms with E-state index in [2.05, 4.69) is 25.3 Å². The molecule has 0 fully saturated rings. The summed E-state index contributed by atoms with van der Waals surface area (Å²) in [5.41, 5.74) is 2.89. The maximum atomic E-state index is 12.9. The Hall–Kier alpha value is -3.94. The number of aryl methyl sites for hydroxylation is 1. The fourth-order valence-corrected chi connectivity index (χ4v) is 3.48. The Labute approximate surface area is 186 Å². The molecule has 4 rings (SSSR count). The average Bonchev–Trinajstić information content (AvgIpc) is 3.39. The maximum Gasteiger partial charge on any atom is 0.272 e. The molecule has 0 saturated heterocycles. The lowest BCUT2D eigenvalue weighted by Crippen LogP contribution is -2.25. The molecular formula is C24H26N6O2. The van der Waals surface area contributed by atoms with Crippen LogP contribution in [0.5, 0.6) is 0 Å². The minimum absolute atomic E-state index is 0.147. The van der Waals surface area contributed by atoms with Crippen LogP contribution in [-0.4, -0.2) is 31.1 Å². The molecule has 8 nitrogen and oxygen atoms in total. The highest BCUT2D eigenvalue weighted by Crippen LogP contribution is 2.19. The van der Waals surface area contributed by atoms with Gasteiger partial charge in [0.25, 0.3) is 5.91 Å². The molecule has 0 unspecified atom stereocenters. The Morgan fingerprint density at radius 2 is 1.75 bits per heavy atom. The number of carbonyl (C=O) groups is 2. The van der Waals surface area contributed by atoms with Crippen molar-refractivity contribution in [3.63, 3.8) is 0 Å². The van der Waals surface area contributed by atoms with Gasteiger partial charge in [-0.2, -0.15) is 5.10 Å². The van der Waals surface area contributed by atoms with Gasteiger partial charge in [0, 0.05) is 18.5 Å². The molecule has 0 aliphatic rings. The van der Waals surface area contributed by atoms with Crippen LogP contribution in [0.4, 0.5) is 5.82 Å². The largest absolute Gasteiger partial charge is 0.343 e. The highest BCUT2D eigenvalue weighted by atomic mass is 16.2. The molecule has 32 heavy (non-hydrogen) atoms. The third-order valence-corrected chi connectivity index (χ3v) is 5.18. The average molecular weight is 431 g/mol. The van der Waals surface area contributed by atoms with E-state index in [0.29, 0.717) is 5.82 Å². The molecule has 4 aromatic rings. The van der Waals surface area contributed by atoms with Crippen molar-refractivity contribution < 1.29 is 9.59 Å². The second kappa shape index (κ2) is 9.05. The van der Waals surface area contributed by atoms with Gasteiger partial charge in [-0.25, -0.2) is 9.67 Å². The van der Waals surface area contributed by atoms with Gasteiger partial charge >= 0.3 is 0 Å². The van der Waals surface area contributed by atoms with Gasteiger partial charge < -0.3 is 15.2 Å². The number of aromatic nitrogens is 4. The number of carbonyl (C=O) groups excluding carboxylic acids is 2. The number of amides is 2. The first-order valence-corrected chi connectivity index (χ1v) is 10.7. The number of hydrogen-bond donors (Lipinski definition) is 2. The molecule has 2 aromatic carbocycles. The quantitative estimate of drug-likeness (QED) is 0.467. The van der Waals surface area contributed by atoms with E-state index in [1.165, 1.54) is 0 Å². The van der Waals surface area contributed by atoms with Gasteiger partial charge in [-0.05, 0) is 31.2 Å². The van der Waals surface area contributed by atoms with E-state index in [1.807, 2.05) is 75.4 Å². The van der Waals surface area contributed by atoms with E-state index < -0.39 is 0 Å². The molecule has 0 spiro atoms. The fraction of sp³-hybridized carbons (Fsp3) is 0.250. The summed E-state index contributed by atoms with van der Waals surface area (Å²) in [5.74, 6) is 0.535. The molecule has 0 bridgehead atoms. The standard InChI is InChI=1S/C24H26N6O2/c1-4-29-20-13-9-8-12-18(20)26-22(29)15-25-24(32)19-14-21(27-23(31)16(2)3)30(28-19)17-10-6-5-7-11-17/h5-14,16H,4,15H2,1-3H3,(H,25,32)(H,27,31). The molecule has 0 radical (unpaired) electrons. The first kappa shape index (κ1) is 21.3. The number of para-hydroxylation sites is 3. The van der Waals surface area contributed by atoms with Crippen LogP contribution in [0.25, 0.3) is 16.7 Å². The molecule has 0 atom stereocenters. The number of imidazole rings is 1. The zero-order valence-electron chi connectivity index (χ0n) is 18.4. The Bertz CT molecular complexity index is 1260. The van der Waals surface area contributed by atoms with Crippen molar-refractivity contribution in [2.24, 2.45) is 5.92 Å². The molecule has 0 aliphatic heterocycles. The van der Waals surface area contributed by atoms with Gasteiger partial charge in [0.1, 0.15) is 11.6 Å². The zero-order valence-corrected chi connectivity index (χ0v) is 18.4. The Balaban J connectivity index is 1.58. The van der Waals surface area contributed by atoms with Crippen LogP contribution in [0.15, 0.2) is 60.7 Å². The second-order valence-corrected chi connectivity index (χ2v) is 7.75. The van der Waals surface area contributed by atoms with E-state index in [9.17, 15) is 9.59 Å². The molecule has 2 N–H and O–H groups in total. The van der Waals surface area contributed by atoms with Crippen LogP contribution in [0, 0.1) is 5.92 Å². The highest BCUT2D eigenvalue weighted by Gasteiger charge is 2.19. The molecular weight excluding hydrogens is 404 g/mol. The van der Waals surface area contributed by atoms with E-state index in [0.717, 1.165) is 29.1 Å². The molecule has 164 valence electrons. The lowest BCUT2D eigenvalue weighted by molar-refractivity contribution is -0.118. The van der Waals surface area contributed by atoms with Crippen molar-refractivity contribution in [1.82, 2.24) is 24.6 Å². The van der Waals surface area contributed by atoms with Crippen LogP contribution in [0.1, 0.15) is 37.1 Å². The Morgan fingerprint density at radius 1 is 1.03 bits per heavy atom. The molecule has 0 aliphatic carbocycles. The van der Waals surface area contributed by atoms with Gasteiger partial charge in [-0.1, -0.05) is 44.2 Å². The van der Waals surface area contributed by atoms with Crippen molar-refractivity contribution in [1.29, 1.82) is 0 Å². The molecule has 2 aromatic heterocycles. The van der Waals surface area contributed by atoms with Crippen LogP contribution >= 0.6 is 0 Å². The van der Waals surface area contributed by atoms with Crippen LogP contribution in [-0.2, 0) is 17.9 Å². The minimum Gasteiger partial charge on any atom is -0.343 e. The van der Waals surface area contributed by atoms with E-state index in [-0.39, 0.29) is 30.0 Å². The Morgan fingerprint density at radius 3 is 2.47 bits per heavy atom. The number of rotatable bonds is 7. The second-order valence-electron chi connectivity index (χ2n) is 7.75. The van der Waals surface area contributed by atoms with Crippen molar-refractivity contribution in [3.05, 3.63) is 72.2 Å². The summed E-state index contributed by atoms with van der Waals surface area (Å²) >= 11 is 0. The number of benzene rings is 2. The van der Waals surface area contributed by atoms with Gasteiger partial charge in [-0.3, -0.25) is 9.59 Å². The Kier molecular flexibility index (Phi) is 6.02. The lowest BCUT2D eigenvalue weighted by atomic mass is 10.2. The summed E-state index contributed by atoms with van der Waals surface area (Å²) in [6, 6.07) is 18.9. The number of anilines is 1. The van der Waals surface area contributed by atoms with E-state index in [4.69, 9.17) is 0 Å². The monoisotopic (exact) mass is 430 g/mol. The van der Waals surface area contributed by atoms with Gasteiger partial charge in [0.2, 0.25) is 5.91 Å². The van der Waals surface area contributed by atoms with Gasteiger partial charge in [0.15, 0.2) is 5.69 Å². The number of nitrogens with one attached hydrogen (secondary N) is 2. The lowest BCUT2D eigenvalue weighted by Gasteiger charge is -2.10. The van der Waals surface area contributed by atoms with E-state index in [1.54, 1.807) is 10.7 Å². The van der Waals surface area contributed by atoms with Crippen molar-refractivity contribution in [3.8, 4) is 5.69 Å². The number of nitrogens with zero attached hydrogens (tertiary/aromatic N) is 4. The molecule has 2 heterocycles. The number of fused-ring (bicyclic) bond motifs is 1. The van der Waals surface area contributed by atoms with E-state index >= 15 is 0 Å². The molecule has 0 saturated carbocycles. The summed E-state index contributed by atoms with van der Waals surface area (Å²) in [6.07, 6.45) is 0. The highest BCUT2D eigenvalue weighted by molar-refractivity contribution is 5.96. The maximum absolute atomic E-state index is 12.9. The van der Waals surface area contributed by atoms with Crippen LogP contribution in [0.2, 0.25) is 0 Å². The zero-order chi connectivity index (χ0) is 22.7. The van der Waals surface area contributed by atoms with Crippen molar-refractivity contribution in [2.75, 3.05) is 5.32 Å². The van der Waals surface area contributed by atoms with Gasteiger partial charge in [0.05, 0.1) is 23.3 Å². The first-order chi connectivity index (χ1) is 15.5. The topological polar surface area (TPSA) is 93.8 Å². The van der Waals surface area contributed by atoms with Gasteiger partial charge in [-0.15, -0.1) is 0 Å². The fourth-order valence-electron chi connectivity index (χ4n) is 3.48. The summed E-state index contributed by atoms with van der Waals surface area (Å²) in [7, 11) is 0. The molecule has 2 amide bonds. The summed E-state index contributed by atoms with van der Waals surface area (Å²) < 4.78 is 3.64. The number of hydrogen-bond acceptors (Lipinski definition) is 4. The van der Waals surface area contributed by atoms with Crippen molar-refractivity contribution in [2.45, 2.75) is 33.9 Å². The first-order valence-electron chi connectivity index (χ1n) is 10.7. The summed E-state index contributed by atoms with van der Waals surface area (Å²) in [5, 5.41) is 10.2. The molecule has 8 heteroatoms. The van der Waals surface area contributed by atoms with Crippen LogP contribution < -0.4 is 10.6 Å². The smallest absolute Gasteiger partial charge is 0.272 e. The SMILES string of the molecule is CCn1c(CNC(=O)c2cc(NC(=O)C(C)C)n(-c3ccccc3)n2)nc2ccccc21. The van der Waals surface area contributed by atoms with Crippen LogP contribution in [0.3, 0.4) is 0 Å². The normalized spacial score (nSPS) is 11.1. The summed E-state index contributed by atoms with van der Waals surface area (Å²) in [4.78, 5) is 29.8. The third-order valence-electron chi connectivity index (χ3n) is 5.18. The van der Waals surface area contributed by atoms with Crippen molar-refractivity contribution >= 4 is 28.7 Å². The third kappa shape index (κ3) is 4.25. The predicted molar refractivity (Wildman–Crippen MR) is 124 cm³/mol. The summed E-state index contributed by atoms with van der Waals surface area (Å²) in [6.45, 7) is 6.69. The predicted octanol–water partition coefficient (Wildman–Crippen LogP) is 3.77. The minimum atomic E-state index is -0.338.